The number of fused-ring (bicyclic) bond motifs is 2. The van der Waals surface area contributed by atoms with Gasteiger partial charge in [-0.3, -0.25) is 14.2 Å². The first-order valence-electron chi connectivity index (χ1n) is 8.04. The van der Waals surface area contributed by atoms with Gasteiger partial charge in [-0.1, -0.05) is 24.3 Å². The smallest absolute Gasteiger partial charge is 0.261 e. The molecule has 5 heteroatoms. The summed E-state index contributed by atoms with van der Waals surface area (Å²) in [6.07, 6.45) is 0. The zero-order valence-corrected chi connectivity index (χ0v) is 14.0. The van der Waals surface area contributed by atoms with E-state index >= 15 is 0 Å². The van der Waals surface area contributed by atoms with Crippen molar-refractivity contribution in [1.29, 1.82) is 0 Å². The van der Waals surface area contributed by atoms with Crippen LogP contribution >= 0.6 is 11.3 Å². The predicted molar refractivity (Wildman–Crippen MR) is 103 cm³/mol. The minimum absolute atomic E-state index is 0.0136. The van der Waals surface area contributed by atoms with Crippen molar-refractivity contribution in [3.63, 3.8) is 0 Å². The van der Waals surface area contributed by atoms with Crippen molar-refractivity contribution < 1.29 is 5.11 Å². The topological polar surface area (TPSA) is 59.3 Å². The van der Waals surface area contributed by atoms with E-state index in [1.807, 2.05) is 24.3 Å². The molecule has 5 aromatic rings. The van der Waals surface area contributed by atoms with Gasteiger partial charge >= 0.3 is 0 Å². The van der Waals surface area contributed by atoms with E-state index in [1.165, 1.54) is 4.70 Å². The SMILES string of the molecule is O=c1c2ccc3sc4ccccc4c4ccc(c(=O)n1CCO)c2c34. The number of rotatable bonds is 2. The summed E-state index contributed by atoms with van der Waals surface area (Å²) in [5.74, 6) is 0. The maximum Gasteiger partial charge on any atom is 0.261 e. The summed E-state index contributed by atoms with van der Waals surface area (Å²) in [7, 11) is 0. The molecule has 25 heavy (non-hydrogen) atoms. The largest absolute Gasteiger partial charge is 0.395 e. The molecule has 0 aliphatic rings. The highest BCUT2D eigenvalue weighted by molar-refractivity contribution is 7.25. The fourth-order valence-corrected chi connectivity index (χ4v) is 4.83. The Labute approximate surface area is 145 Å². The Morgan fingerprint density at radius 3 is 2.20 bits per heavy atom. The maximum absolute atomic E-state index is 12.8. The number of pyridine rings is 1. The quantitative estimate of drug-likeness (QED) is 0.394. The van der Waals surface area contributed by atoms with E-state index in [2.05, 4.69) is 12.1 Å². The fourth-order valence-electron chi connectivity index (χ4n) is 3.71. The molecule has 0 unspecified atom stereocenters. The van der Waals surface area contributed by atoms with E-state index in [-0.39, 0.29) is 24.3 Å². The van der Waals surface area contributed by atoms with Gasteiger partial charge in [-0.05, 0) is 35.0 Å². The summed E-state index contributed by atoms with van der Waals surface area (Å²) in [6, 6.07) is 15.7. The third-order valence-electron chi connectivity index (χ3n) is 4.79. The molecule has 5 rings (SSSR count). The van der Waals surface area contributed by atoms with Crippen molar-refractivity contribution in [3.8, 4) is 0 Å². The molecule has 2 heterocycles. The van der Waals surface area contributed by atoms with Gasteiger partial charge in [-0.15, -0.1) is 11.3 Å². The molecule has 0 amide bonds. The van der Waals surface area contributed by atoms with Crippen molar-refractivity contribution in [2.45, 2.75) is 6.54 Å². The monoisotopic (exact) mass is 347 g/mol. The van der Waals surface area contributed by atoms with Crippen molar-refractivity contribution in [3.05, 3.63) is 69.2 Å². The Kier molecular flexibility index (Phi) is 2.98. The Hall–Kier alpha value is -2.76. The molecule has 0 saturated heterocycles. The summed E-state index contributed by atoms with van der Waals surface area (Å²) in [6.45, 7) is -0.227. The van der Waals surface area contributed by atoms with Gasteiger partial charge in [-0.25, -0.2) is 0 Å². The van der Waals surface area contributed by atoms with Crippen LogP contribution in [0.1, 0.15) is 0 Å². The van der Waals surface area contributed by atoms with E-state index in [0.717, 1.165) is 30.8 Å². The number of aromatic nitrogens is 1. The first-order valence-corrected chi connectivity index (χ1v) is 8.86. The lowest BCUT2D eigenvalue weighted by atomic mass is 9.98. The van der Waals surface area contributed by atoms with Crippen LogP contribution in [0.25, 0.3) is 41.7 Å². The lowest BCUT2D eigenvalue weighted by molar-refractivity contribution is 0.273. The molecule has 0 atom stereocenters. The average molecular weight is 347 g/mol. The van der Waals surface area contributed by atoms with Gasteiger partial charge in [-0.2, -0.15) is 0 Å². The van der Waals surface area contributed by atoms with Crippen molar-refractivity contribution >= 4 is 53.1 Å². The molecule has 4 nitrogen and oxygen atoms in total. The fraction of sp³-hybridized carbons (Fsp3) is 0.100. The number of aliphatic hydroxyl groups is 1. The molecule has 0 aliphatic carbocycles. The predicted octanol–water partition coefficient (Wildman–Crippen LogP) is 3.31. The third kappa shape index (κ3) is 1.85. The van der Waals surface area contributed by atoms with Gasteiger partial charge < -0.3 is 5.11 Å². The van der Waals surface area contributed by atoms with Crippen LogP contribution in [-0.2, 0) is 6.54 Å². The highest BCUT2D eigenvalue weighted by Crippen LogP contribution is 2.39. The Balaban J connectivity index is 2.13. The molecule has 0 bridgehead atoms. The number of benzene rings is 3. The highest BCUT2D eigenvalue weighted by Gasteiger charge is 2.17. The second kappa shape index (κ2) is 5.12. The molecule has 0 aliphatic heterocycles. The molecular weight excluding hydrogens is 334 g/mol. The van der Waals surface area contributed by atoms with E-state index in [1.54, 1.807) is 23.5 Å². The second-order valence-electron chi connectivity index (χ2n) is 6.11. The number of aliphatic hydroxyl groups excluding tert-OH is 1. The van der Waals surface area contributed by atoms with Crippen LogP contribution in [0.4, 0.5) is 0 Å². The summed E-state index contributed by atoms with van der Waals surface area (Å²) < 4.78 is 3.36. The maximum atomic E-state index is 12.8. The van der Waals surface area contributed by atoms with Crippen LogP contribution in [0.5, 0.6) is 0 Å². The molecule has 0 spiro atoms. The van der Waals surface area contributed by atoms with Crippen LogP contribution in [-0.4, -0.2) is 16.3 Å². The summed E-state index contributed by atoms with van der Waals surface area (Å²) in [4.78, 5) is 25.5. The first-order chi connectivity index (χ1) is 12.2. The minimum Gasteiger partial charge on any atom is -0.395 e. The lowest BCUT2D eigenvalue weighted by Gasteiger charge is -2.13. The van der Waals surface area contributed by atoms with E-state index < -0.39 is 0 Å². The zero-order valence-electron chi connectivity index (χ0n) is 13.2. The van der Waals surface area contributed by atoms with Gasteiger partial charge in [0.2, 0.25) is 0 Å². The molecule has 0 saturated carbocycles. The average Bonchev–Trinajstić information content (AvgIpc) is 2.64. The zero-order chi connectivity index (χ0) is 17.1. The lowest BCUT2D eigenvalue weighted by Crippen LogP contribution is -2.34. The van der Waals surface area contributed by atoms with Crippen molar-refractivity contribution in [2.24, 2.45) is 0 Å². The van der Waals surface area contributed by atoms with Crippen LogP contribution in [0.15, 0.2) is 58.1 Å². The van der Waals surface area contributed by atoms with Crippen LogP contribution in [0.2, 0.25) is 0 Å². The van der Waals surface area contributed by atoms with E-state index in [0.29, 0.717) is 10.8 Å². The summed E-state index contributed by atoms with van der Waals surface area (Å²) in [5.41, 5.74) is -0.668. The van der Waals surface area contributed by atoms with Gasteiger partial charge in [0.15, 0.2) is 0 Å². The first kappa shape index (κ1) is 14.6. The van der Waals surface area contributed by atoms with Crippen LogP contribution in [0, 0.1) is 0 Å². The molecule has 2 aromatic heterocycles. The minimum atomic E-state index is -0.334. The van der Waals surface area contributed by atoms with E-state index in [4.69, 9.17) is 0 Å². The highest BCUT2D eigenvalue weighted by atomic mass is 32.1. The molecule has 122 valence electrons. The molecule has 0 radical (unpaired) electrons. The molecule has 3 aromatic carbocycles. The van der Waals surface area contributed by atoms with Gasteiger partial charge in [0.25, 0.3) is 11.1 Å². The molecule has 1 N–H and O–H groups in total. The number of hydrogen-bond donors (Lipinski definition) is 1. The third-order valence-corrected chi connectivity index (χ3v) is 5.93. The van der Waals surface area contributed by atoms with Crippen LogP contribution in [0.3, 0.4) is 0 Å². The number of hydrogen-bond acceptors (Lipinski definition) is 4. The Morgan fingerprint density at radius 2 is 1.44 bits per heavy atom. The van der Waals surface area contributed by atoms with Crippen molar-refractivity contribution in [1.82, 2.24) is 4.57 Å². The second-order valence-corrected chi connectivity index (χ2v) is 7.19. The van der Waals surface area contributed by atoms with Gasteiger partial charge in [0.05, 0.1) is 13.2 Å². The Bertz CT molecular complexity index is 1360. The Morgan fingerprint density at radius 1 is 0.760 bits per heavy atom. The summed E-state index contributed by atoms with van der Waals surface area (Å²) >= 11 is 1.66. The summed E-state index contributed by atoms with van der Waals surface area (Å²) in [5, 5.41) is 14.1. The molecular formula is C20H13NO3S. The standard InChI is InChI=1S/C20H13NO3S/c22-10-9-21-19(23)13-6-5-12-11-3-1-2-4-15(11)25-16-8-7-14(20(21)24)17(13)18(12)16/h1-8,22H,9-10H2. The van der Waals surface area contributed by atoms with Gasteiger partial charge in [0.1, 0.15) is 0 Å². The van der Waals surface area contributed by atoms with Crippen LogP contribution < -0.4 is 11.1 Å². The van der Waals surface area contributed by atoms with E-state index in [9.17, 15) is 14.7 Å². The van der Waals surface area contributed by atoms with Gasteiger partial charge in [0, 0.05) is 30.9 Å². The normalized spacial score (nSPS) is 12.0. The number of nitrogens with zero attached hydrogens (tertiary/aromatic N) is 1. The molecule has 0 fully saturated rings. The van der Waals surface area contributed by atoms with Crippen molar-refractivity contribution in [2.75, 3.05) is 6.61 Å².